The molecule has 0 saturated heterocycles. The first kappa shape index (κ1) is 35.5. The van der Waals surface area contributed by atoms with Crippen molar-refractivity contribution in [3.63, 3.8) is 0 Å². The Balaban J connectivity index is 0.000000238. The second-order valence-electron chi connectivity index (χ2n) is 9.12. The molecule has 0 bridgehead atoms. The lowest BCUT2D eigenvalue weighted by Gasteiger charge is -2.12. The molecule has 0 aliphatic heterocycles. The summed E-state index contributed by atoms with van der Waals surface area (Å²) in [6.45, 7) is 2.93. The number of hydrogen-bond donors (Lipinski definition) is 0. The van der Waals surface area contributed by atoms with E-state index < -0.39 is 29.7 Å². The predicted molar refractivity (Wildman–Crippen MR) is 157 cm³/mol. The average Bonchev–Trinajstić information content (AvgIpc) is 3.60. The van der Waals surface area contributed by atoms with Gasteiger partial charge in [0.05, 0.1) is 18.7 Å². The lowest BCUT2D eigenvalue weighted by molar-refractivity contribution is -0.142. The van der Waals surface area contributed by atoms with E-state index in [4.69, 9.17) is 32.7 Å². The van der Waals surface area contributed by atoms with Crippen molar-refractivity contribution < 1.29 is 40.6 Å². The summed E-state index contributed by atoms with van der Waals surface area (Å²) in [5.74, 6) is -0.544. The van der Waals surface area contributed by atoms with Crippen molar-refractivity contribution in [2.45, 2.75) is 26.2 Å². The summed E-state index contributed by atoms with van der Waals surface area (Å²) in [6, 6.07) is 3.21. The second kappa shape index (κ2) is 13.8. The highest BCUT2D eigenvalue weighted by Crippen LogP contribution is 2.33. The number of carbonyl (C=O) groups excluding carboxylic acids is 1. The topological polar surface area (TPSA) is 136 Å². The van der Waals surface area contributed by atoms with E-state index in [0.717, 1.165) is 21.5 Å². The maximum absolute atomic E-state index is 13.1. The second-order valence-corrected chi connectivity index (χ2v) is 10.7. The van der Waals surface area contributed by atoms with Crippen LogP contribution in [0.5, 0.6) is 5.88 Å². The van der Waals surface area contributed by atoms with Crippen molar-refractivity contribution in [3.05, 3.63) is 80.2 Å². The van der Waals surface area contributed by atoms with Gasteiger partial charge in [-0.1, -0.05) is 0 Å². The molecular weight excluding hydrogens is 751 g/mol. The normalized spacial score (nSPS) is 11.6. The van der Waals surface area contributed by atoms with Gasteiger partial charge >= 0.3 is 18.3 Å². The SMILES string of the molecule is COC(=O)c1cc(-c2cnc(Cl)nc2-n2nc(C(F)(F)F)cc2C)cnc1OC.Cc1cc(C(F)(F)F)nn1-c1nc(Cl)ncc1Br. The van der Waals surface area contributed by atoms with Gasteiger partial charge in [0.2, 0.25) is 16.4 Å². The fraction of sp³-hybridized carbons (Fsp3) is 0.231. The van der Waals surface area contributed by atoms with E-state index in [0.29, 0.717) is 10.0 Å². The Morgan fingerprint density at radius 3 is 1.79 bits per heavy atom. The monoisotopic (exact) mass is 767 g/mol. The molecule has 0 atom stereocenters. The number of alkyl halides is 6. The molecule has 5 aromatic heterocycles. The highest BCUT2D eigenvalue weighted by atomic mass is 79.9. The quantitative estimate of drug-likeness (QED) is 0.106. The number of pyridine rings is 1. The lowest BCUT2D eigenvalue weighted by Crippen LogP contribution is -2.10. The van der Waals surface area contributed by atoms with Crippen LogP contribution < -0.4 is 4.74 Å². The van der Waals surface area contributed by atoms with Crippen LogP contribution in [0, 0.1) is 13.8 Å². The lowest BCUT2D eigenvalue weighted by atomic mass is 10.1. The van der Waals surface area contributed by atoms with Gasteiger partial charge in [-0.05, 0) is 71.2 Å². The van der Waals surface area contributed by atoms with Gasteiger partial charge < -0.3 is 9.47 Å². The highest BCUT2D eigenvalue weighted by molar-refractivity contribution is 9.10. The van der Waals surface area contributed by atoms with Crippen molar-refractivity contribution >= 4 is 45.1 Å². The van der Waals surface area contributed by atoms with Gasteiger partial charge in [0, 0.05) is 41.1 Å². The Labute approximate surface area is 278 Å². The summed E-state index contributed by atoms with van der Waals surface area (Å²) in [5, 5.41) is 6.79. The fourth-order valence-corrected chi connectivity index (χ4v) is 4.49. The van der Waals surface area contributed by atoms with E-state index in [1.165, 1.54) is 52.7 Å². The number of methoxy groups -OCH3 is 2. The minimum atomic E-state index is -4.63. The number of aromatic nitrogens is 9. The van der Waals surface area contributed by atoms with Crippen LogP contribution in [0.15, 0.2) is 41.3 Å². The summed E-state index contributed by atoms with van der Waals surface area (Å²) >= 11 is 14.6. The van der Waals surface area contributed by atoms with E-state index in [1.54, 1.807) is 0 Å². The van der Waals surface area contributed by atoms with Crippen molar-refractivity contribution in [1.29, 1.82) is 0 Å². The standard InChI is InChI=1S/C17H13ClF3N5O3.C9H5BrClF3N4/c1-8-4-12(17(19,20)21)25-26(8)13-11(7-23-16(18)24-13)9-5-10(15(27)29-3)14(28-2)22-6-9;1-4-2-6(9(12,13)14)17-18(4)7-5(10)3-15-8(11)16-7/h4-7H,1-3H3;2-3H,1H3. The average molecular weight is 769 g/mol. The van der Waals surface area contributed by atoms with E-state index >= 15 is 0 Å². The maximum atomic E-state index is 13.1. The number of carbonyl (C=O) groups is 1. The molecule has 0 aromatic carbocycles. The summed E-state index contributed by atoms with van der Waals surface area (Å²) < 4.78 is 89.0. The highest BCUT2D eigenvalue weighted by Gasteiger charge is 2.36. The molecular formula is C26H18BrCl2F6N9O3. The van der Waals surface area contributed by atoms with Gasteiger partial charge in [-0.25, -0.2) is 29.1 Å². The minimum Gasteiger partial charge on any atom is -0.480 e. The van der Waals surface area contributed by atoms with Crippen LogP contribution in [0.2, 0.25) is 10.6 Å². The third kappa shape index (κ3) is 7.96. The molecule has 0 aliphatic carbocycles. The number of esters is 1. The maximum Gasteiger partial charge on any atom is 0.435 e. The minimum absolute atomic E-state index is 0.0132. The molecule has 12 nitrogen and oxygen atoms in total. The molecule has 0 unspecified atom stereocenters. The summed E-state index contributed by atoms with van der Waals surface area (Å²) in [7, 11) is 2.52. The van der Waals surface area contributed by atoms with Gasteiger partial charge in [-0.15, -0.1) is 0 Å². The van der Waals surface area contributed by atoms with Crippen LogP contribution in [0.4, 0.5) is 26.3 Å². The van der Waals surface area contributed by atoms with Crippen LogP contribution >= 0.6 is 39.1 Å². The van der Waals surface area contributed by atoms with Crippen molar-refractivity contribution in [2.24, 2.45) is 0 Å². The van der Waals surface area contributed by atoms with Gasteiger partial charge in [0.15, 0.2) is 23.0 Å². The molecule has 0 amide bonds. The van der Waals surface area contributed by atoms with E-state index in [2.05, 4.69) is 51.0 Å². The Kier molecular flexibility index (Phi) is 10.4. The van der Waals surface area contributed by atoms with Crippen molar-refractivity contribution in [2.75, 3.05) is 14.2 Å². The molecule has 5 aromatic rings. The first-order valence-corrected chi connectivity index (χ1v) is 14.1. The zero-order valence-electron chi connectivity index (χ0n) is 24.1. The van der Waals surface area contributed by atoms with E-state index in [1.807, 2.05) is 0 Å². The van der Waals surface area contributed by atoms with E-state index in [9.17, 15) is 31.1 Å². The number of halogens is 9. The van der Waals surface area contributed by atoms with Gasteiger partial charge in [-0.2, -0.15) is 46.5 Å². The van der Waals surface area contributed by atoms with E-state index in [-0.39, 0.29) is 50.6 Å². The van der Waals surface area contributed by atoms with Crippen molar-refractivity contribution in [3.8, 4) is 28.6 Å². The molecule has 0 spiro atoms. The number of nitrogens with zero attached hydrogens (tertiary/aromatic N) is 9. The Morgan fingerprint density at radius 1 is 0.787 bits per heavy atom. The van der Waals surface area contributed by atoms with Crippen LogP contribution in [0.1, 0.15) is 33.1 Å². The molecule has 5 heterocycles. The van der Waals surface area contributed by atoms with Crippen LogP contribution in [0.3, 0.4) is 0 Å². The largest absolute Gasteiger partial charge is 0.480 e. The Bertz CT molecular complexity index is 1950. The van der Waals surface area contributed by atoms with Crippen LogP contribution in [-0.4, -0.2) is 64.7 Å². The third-order valence-electron chi connectivity index (χ3n) is 5.95. The summed E-state index contributed by atoms with van der Waals surface area (Å²) in [5.41, 5.74) is -1.03. The first-order chi connectivity index (χ1) is 21.9. The number of ether oxygens (including phenoxy) is 2. The molecule has 0 aliphatic rings. The molecule has 47 heavy (non-hydrogen) atoms. The van der Waals surface area contributed by atoms with Crippen molar-refractivity contribution in [1.82, 2.24) is 44.5 Å². The number of aryl methyl sites for hydroxylation is 2. The van der Waals surface area contributed by atoms with Gasteiger partial charge in [0.25, 0.3) is 0 Å². The Hall–Kier alpha value is -4.36. The molecule has 5 rings (SSSR count). The molecule has 0 N–H and O–H groups in total. The predicted octanol–water partition coefficient (Wildman–Crippen LogP) is 6.91. The van der Waals surface area contributed by atoms with Crippen LogP contribution in [0.25, 0.3) is 22.8 Å². The zero-order valence-corrected chi connectivity index (χ0v) is 27.2. The fourth-order valence-electron chi connectivity index (χ4n) is 3.88. The molecule has 0 radical (unpaired) electrons. The summed E-state index contributed by atoms with van der Waals surface area (Å²) in [6.07, 6.45) is -5.14. The zero-order chi connectivity index (χ0) is 34.8. The van der Waals surface area contributed by atoms with Gasteiger partial charge in [-0.3, -0.25) is 0 Å². The first-order valence-electron chi connectivity index (χ1n) is 12.6. The summed E-state index contributed by atoms with van der Waals surface area (Å²) in [4.78, 5) is 31.5. The van der Waals surface area contributed by atoms with Gasteiger partial charge in [0.1, 0.15) is 5.56 Å². The number of hydrogen-bond acceptors (Lipinski definition) is 10. The third-order valence-corrected chi connectivity index (χ3v) is 6.88. The number of rotatable bonds is 5. The smallest absolute Gasteiger partial charge is 0.435 e. The van der Waals surface area contributed by atoms with Crippen LogP contribution in [-0.2, 0) is 17.1 Å². The molecule has 248 valence electrons. The molecule has 0 saturated carbocycles. The molecule has 21 heteroatoms. The Morgan fingerprint density at radius 2 is 1.30 bits per heavy atom. The molecule has 0 fully saturated rings.